The number of anilines is 5. The maximum Gasteiger partial charge on any atom is 0.229 e. The molecule has 0 radical (unpaired) electrons. The summed E-state index contributed by atoms with van der Waals surface area (Å²) in [5.74, 6) is 2.39. The van der Waals surface area contributed by atoms with Crippen molar-refractivity contribution in [2.24, 2.45) is 13.0 Å². The Balaban J connectivity index is 0.00000435. The van der Waals surface area contributed by atoms with E-state index >= 15 is 0 Å². The SMILES string of the molecule is Cl.Cn1cc(-c2cc(Nc3ncc(Br)c(NC4C=Cc5ccccc5N4P(C)(C)=O)n3)c(OCC3CC3)cc2N2CCC(N3CCNCC3)CC2)cn1. The minimum Gasteiger partial charge on any atom is -0.491 e. The standard InChI is InChI=1S/C38H48BrN10O2P.ClH/c1-46-24-28(22-42-46)30-20-32(35(51-25-26-8-9-26)21-34(30)48-16-12-29(13-17-48)47-18-14-40-15-19-47)43-38-41-23-31(39)37(45-38)44-36-11-10-27-6-4-5-7-33(27)49(36)52(2,3)50;/h4-7,10-11,20-24,26,29,36,40H,8-9,12-19,25H2,1-3H3,(H2,41,43,44,45);1H. The highest BCUT2D eigenvalue weighted by molar-refractivity contribution is 9.10. The Labute approximate surface area is 326 Å². The van der Waals surface area contributed by atoms with Gasteiger partial charge in [-0.1, -0.05) is 24.3 Å². The number of nitrogens with one attached hydrogen (secondary N) is 3. The van der Waals surface area contributed by atoms with Gasteiger partial charge in [0.15, 0.2) is 7.29 Å². The number of hydrogen-bond donors (Lipinski definition) is 3. The zero-order chi connectivity index (χ0) is 35.8. The molecule has 53 heavy (non-hydrogen) atoms. The van der Waals surface area contributed by atoms with Gasteiger partial charge in [0, 0.05) is 101 Å². The molecule has 1 aliphatic carbocycles. The van der Waals surface area contributed by atoms with Gasteiger partial charge in [0.25, 0.3) is 0 Å². The number of piperazine rings is 1. The van der Waals surface area contributed by atoms with Crippen LogP contribution < -0.4 is 30.3 Å². The normalized spacial score (nSPS) is 19.4. The van der Waals surface area contributed by atoms with Gasteiger partial charge < -0.3 is 30.2 Å². The van der Waals surface area contributed by atoms with E-state index in [1.54, 1.807) is 19.5 Å². The van der Waals surface area contributed by atoms with Crippen LogP contribution >= 0.6 is 35.6 Å². The Hall–Kier alpha value is -3.61. The molecule has 8 rings (SSSR count). The highest BCUT2D eigenvalue weighted by Crippen LogP contribution is 2.50. The maximum absolute atomic E-state index is 13.6. The van der Waals surface area contributed by atoms with Crippen molar-refractivity contribution in [3.8, 4) is 16.9 Å². The molecule has 3 aliphatic heterocycles. The van der Waals surface area contributed by atoms with Crippen LogP contribution in [0.15, 0.2) is 65.5 Å². The van der Waals surface area contributed by atoms with Crippen molar-refractivity contribution >= 4 is 70.5 Å². The van der Waals surface area contributed by atoms with E-state index in [1.165, 1.54) is 12.8 Å². The summed E-state index contributed by atoms with van der Waals surface area (Å²) in [6.07, 6.45) is 14.1. The van der Waals surface area contributed by atoms with Gasteiger partial charge in [0.2, 0.25) is 5.95 Å². The van der Waals surface area contributed by atoms with Crippen LogP contribution in [0.3, 0.4) is 0 Å². The Morgan fingerprint density at radius 2 is 1.79 bits per heavy atom. The molecule has 3 fully saturated rings. The summed E-state index contributed by atoms with van der Waals surface area (Å²) in [6, 6.07) is 13.0. The molecule has 0 bridgehead atoms. The molecule has 2 aromatic heterocycles. The summed E-state index contributed by atoms with van der Waals surface area (Å²) in [4.78, 5) is 14.8. The fourth-order valence-corrected chi connectivity index (χ4v) is 9.31. The van der Waals surface area contributed by atoms with Crippen molar-refractivity contribution in [2.45, 2.75) is 37.9 Å². The second-order valence-corrected chi connectivity index (χ2v) is 18.6. The lowest BCUT2D eigenvalue weighted by Gasteiger charge is -2.41. The van der Waals surface area contributed by atoms with Crippen molar-refractivity contribution in [3.05, 3.63) is 71.1 Å². The quantitative estimate of drug-likeness (QED) is 0.133. The lowest BCUT2D eigenvalue weighted by molar-refractivity contribution is 0.150. The Morgan fingerprint density at radius 3 is 2.51 bits per heavy atom. The van der Waals surface area contributed by atoms with E-state index in [2.05, 4.69) is 76.2 Å². The maximum atomic E-state index is 13.6. The molecule has 0 spiro atoms. The van der Waals surface area contributed by atoms with Crippen molar-refractivity contribution in [1.82, 2.24) is 30.0 Å². The third-order valence-electron chi connectivity index (χ3n) is 10.5. The third kappa shape index (κ3) is 8.55. The molecule has 15 heteroatoms. The molecule has 5 heterocycles. The second-order valence-electron chi connectivity index (χ2n) is 14.7. The van der Waals surface area contributed by atoms with Crippen LogP contribution in [-0.2, 0) is 11.6 Å². The molecular formula is C38H49BrClN10O2P. The molecule has 4 aromatic rings. The van der Waals surface area contributed by atoms with E-state index in [0.29, 0.717) is 34.8 Å². The van der Waals surface area contributed by atoms with Crippen molar-refractivity contribution in [2.75, 3.05) is 79.4 Å². The van der Waals surface area contributed by atoms with Crippen LogP contribution in [0.2, 0.25) is 0 Å². The summed E-state index contributed by atoms with van der Waals surface area (Å²) in [5, 5.41) is 15.1. The van der Waals surface area contributed by atoms with E-state index in [1.807, 2.05) is 52.9 Å². The Bertz CT molecular complexity index is 1990. The molecule has 0 amide bonds. The molecule has 12 nitrogen and oxygen atoms in total. The van der Waals surface area contributed by atoms with Crippen molar-refractivity contribution < 1.29 is 9.30 Å². The number of rotatable bonds is 11. The fraction of sp³-hybridized carbons (Fsp3) is 0.447. The summed E-state index contributed by atoms with van der Waals surface area (Å²) < 4.78 is 24.7. The largest absolute Gasteiger partial charge is 0.491 e. The van der Waals surface area contributed by atoms with Gasteiger partial charge in [-0.3, -0.25) is 14.3 Å². The molecule has 1 atom stereocenters. The number of ether oxygens (including phenoxy) is 1. The highest BCUT2D eigenvalue weighted by atomic mass is 79.9. The number of piperidine rings is 1. The number of para-hydroxylation sites is 1. The third-order valence-corrected chi connectivity index (χ3v) is 12.5. The molecule has 3 N–H and O–H groups in total. The molecule has 1 saturated carbocycles. The molecular weight excluding hydrogens is 775 g/mol. The second kappa shape index (κ2) is 16.0. The van der Waals surface area contributed by atoms with Gasteiger partial charge >= 0.3 is 0 Å². The molecule has 2 saturated heterocycles. The summed E-state index contributed by atoms with van der Waals surface area (Å²) in [7, 11) is -0.759. The minimum absolute atomic E-state index is 0. The van der Waals surface area contributed by atoms with Gasteiger partial charge in [0.1, 0.15) is 17.7 Å². The number of aryl methyl sites for hydroxylation is 1. The van der Waals surface area contributed by atoms with E-state index in [0.717, 1.165) is 91.6 Å². The Morgan fingerprint density at radius 1 is 1.02 bits per heavy atom. The van der Waals surface area contributed by atoms with E-state index < -0.39 is 7.29 Å². The molecule has 1 unspecified atom stereocenters. The molecule has 282 valence electrons. The zero-order valence-corrected chi connectivity index (χ0v) is 33.8. The molecule has 4 aliphatic rings. The van der Waals surface area contributed by atoms with Crippen LogP contribution in [0.5, 0.6) is 5.75 Å². The first-order valence-corrected chi connectivity index (χ1v) is 21.7. The topological polar surface area (TPSA) is 116 Å². The zero-order valence-electron chi connectivity index (χ0n) is 30.5. The molecule has 2 aromatic carbocycles. The van der Waals surface area contributed by atoms with E-state index in [-0.39, 0.29) is 18.6 Å². The van der Waals surface area contributed by atoms with Crippen LogP contribution in [0.25, 0.3) is 17.2 Å². The summed E-state index contributed by atoms with van der Waals surface area (Å²) in [5.41, 5.74) is 6.05. The lowest BCUT2D eigenvalue weighted by Crippen LogP contribution is -2.52. The first-order valence-electron chi connectivity index (χ1n) is 18.4. The van der Waals surface area contributed by atoms with Crippen LogP contribution in [-0.4, -0.2) is 96.1 Å². The summed E-state index contributed by atoms with van der Waals surface area (Å²) in [6.45, 7) is 10.6. The Kier molecular flexibility index (Phi) is 11.4. The predicted molar refractivity (Wildman–Crippen MR) is 222 cm³/mol. The van der Waals surface area contributed by atoms with Gasteiger partial charge in [-0.05, 0) is 71.3 Å². The van der Waals surface area contributed by atoms with E-state index in [4.69, 9.17) is 9.72 Å². The van der Waals surface area contributed by atoms with Gasteiger partial charge in [-0.15, -0.1) is 12.4 Å². The number of halogens is 2. The van der Waals surface area contributed by atoms with Crippen molar-refractivity contribution in [1.29, 1.82) is 0 Å². The number of aromatic nitrogens is 4. The van der Waals surface area contributed by atoms with Crippen LogP contribution in [0.4, 0.5) is 28.8 Å². The fourth-order valence-electron chi connectivity index (χ4n) is 7.57. The summed E-state index contributed by atoms with van der Waals surface area (Å²) >= 11 is 3.66. The van der Waals surface area contributed by atoms with Crippen LogP contribution in [0, 0.1) is 5.92 Å². The number of benzene rings is 2. The number of nitrogens with zero attached hydrogens (tertiary/aromatic N) is 7. The van der Waals surface area contributed by atoms with Gasteiger partial charge in [-0.2, -0.15) is 10.1 Å². The first kappa shape index (κ1) is 37.7. The lowest BCUT2D eigenvalue weighted by atomic mass is 9.98. The van der Waals surface area contributed by atoms with Gasteiger partial charge in [-0.25, -0.2) is 4.98 Å². The average Bonchev–Trinajstić information content (AvgIpc) is 3.89. The smallest absolute Gasteiger partial charge is 0.229 e. The van der Waals surface area contributed by atoms with Crippen LogP contribution in [0.1, 0.15) is 31.2 Å². The minimum atomic E-state index is -2.71. The first-order chi connectivity index (χ1) is 25.2. The van der Waals surface area contributed by atoms with Gasteiger partial charge in [0.05, 0.1) is 28.7 Å². The highest BCUT2D eigenvalue weighted by Gasteiger charge is 2.32. The van der Waals surface area contributed by atoms with Crippen molar-refractivity contribution in [3.63, 3.8) is 0 Å². The average molecular weight is 824 g/mol. The monoisotopic (exact) mass is 822 g/mol. The van der Waals surface area contributed by atoms with E-state index in [9.17, 15) is 4.57 Å². The number of hydrogen-bond acceptors (Lipinski definition) is 10. The number of fused-ring (bicyclic) bond motifs is 1. The predicted octanol–water partition coefficient (Wildman–Crippen LogP) is 7.28.